The highest BCUT2D eigenvalue weighted by Gasteiger charge is 2.14. The molecule has 0 aliphatic heterocycles. The zero-order valence-electron chi connectivity index (χ0n) is 15.0. The quantitative estimate of drug-likeness (QED) is 0.826. The highest BCUT2D eigenvalue weighted by molar-refractivity contribution is 5.80. The molecule has 2 aromatic carbocycles. The summed E-state index contributed by atoms with van der Waals surface area (Å²) in [5, 5.41) is 2.94. The summed E-state index contributed by atoms with van der Waals surface area (Å²) >= 11 is 0. The third-order valence-corrected chi connectivity index (χ3v) is 4.13. The summed E-state index contributed by atoms with van der Waals surface area (Å²) in [4.78, 5) is 12.2. The Morgan fingerprint density at radius 3 is 2.33 bits per heavy atom. The van der Waals surface area contributed by atoms with Gasteiger partial charge in [0.25, 0.3) is 5.91 Å². The average Bonchev–Trinajstić information content (AvgIpc) is 2.57. The molecular weight excluding hydrogens is 298 g/mol. The zero-order chi connectivity index (χ0) is 17.5. The Morgan fingerprint density at radius 2 is 1.71 bits per heavy atom. The second-order valence-corrected chi connectivity index (χ2v) is 6.46. The third-order valence-electron chi connectivity index (χ3n) is 4.13. The van der Waals surface area contributed by atoms with E-state index in [2.05, 4.69) is 43.4 Å². The summed E-state index contributed by atoms with van der Waals surface area (Å²) in [6.45, 7) is 8.73. The topological polar surface area (TPSA) is 38.3 Å². The van der Waals surface area contributed by atoms with Crippen molar-refractivity contribution < 1.29 is 9.53 Å². The number of benzene rings is 2. The predicted octanol–water partition coefficient (Wildman–Crippen LogP) is 4.24. The molecule has 1 atom stereocenters. The smallest absolute Gasteiger partial charge is 0.260 e. The van der Waals surface area contributed by atoms with Crippen molar-refractivity contribution in [1.82, 2.24) is 5.32 Å². The van der Waals surface area contributed by atoms with Gasteiger partial charge in [-0.2, -0.15) is 0 Å². The van der Waals surface area contributed by atoms with Gasteiger partial charge in [-0.05, 0) is 48.9 Å². The largest absolute Gasteiger partial charge is 0.481 e. The van der Waals surface area contributed by atoms with E-state index in [1.165, 1.54) is 11.1 Å². The fraction of sp³-hybridized carbons (Fsp3) is 0.381. The fourth-order valence-electron chi connectivity index (χ4n) is 2.48. The van der Waals surface area contributed by atoms with E-state index in [1.807, 2.05) is 31.2 Å². The normalized spacial score (nSPS) is 12.0. The molecule has 3 heteroatoms. The first-order valence-electron chi connectivity index (χ1n) is 8.56. The van der Waals surface area contributed by atoms with Gasteiger partial charge in [0, 0.05) is 6.54 Å². The molecule has 1 N–H and O–H groups in total. The molecule has 1 amide bonds. The van der Waals surface area contributed by atoms with E-state index < -0.39 is 6.10 Å². The Balaban J connectivity index is 1.79. The molecule has 2 aromatic rings. The van der Waals surface area contributed by atoms with Gasteiger partial charge in [0.2, 0.25) is 0 Å². The molecule has 0 aliphatic carbocycles. The van der Waals surface area contributed by atoms with Crippen LogP contribution in [0, 0.1) is 6.92 Å². The molecule has 0 spiro atoms. The number of rotatable bonds is 7. The zero-order valence-corrected chi connectivity index (χ0v) is 15.0. The summed E-state index contributed by atoms with van der Waals surface area (Å²) in [6, 6.07) is 16.3. The lowest BCUT2D eigenvalue weighted by Crippen LogP contribution is -2.37. The minimum absolute atomic E-state index is 0.0861. The first-order valence-corrected chi connectivity index (χ1v) is 8.56. The van der Waals surface area contributed by atoms with Crippen LogP contribution >= 0.6 is 0 Å². The molecule has 0 saturated heterocycles. The Hall–Kier alpha value is -2.29. The van der Waals surface area contributed by atoms with Crippen LogP contribution in [-0.2, 0) is 11.2 Å². The van der Waals surface area contributed by atoms with Gasteiger partial charge in [-0.15, -0.1) is 0 Å². The van der Waals surface area contributed by atoms with Crippen molar-refractivity contribution in [2.45, 2.75) is 46.1 Å². The fourth-order valence-corrected chi connectivity index (χ4v) is 2.48. The van der Waals surface area contributed by atoms with Crippen LogP contribution in [0.25, 0.3) is 0 Å². The second-order valence-electron chi connectivity index (χ2n) is 6.46. The predicted molar refractivity (Wildman–Crippen MR) is 98.5 cm³/mol. The van der Waals surface area contributed by atoms with Crippen molar-refractivity contribution in [3.05, 3.63) is 65.2 Å². The number of ether oxygens (including phenoxy) is 1. The van der Waals surface area contributed by atoms with Crippen LogP contribution < -0.4 is 10.1 Å². The van der Waals surface area contributed by atoms with Gasteiger partial charge in [-0.1, -0.05) is 56.3 Å². The van der Waals surface area contributed by atoms with E-state index in [0.29, 0.717) is 12.5 Å². The number of nitrogens with one attached hydrogen (secondary N) is 1. The maximum absolute atomic E-state index is 12.2. The van der Waals surface area contributed by atoms with E-state index in [-0.39, 0.29) is 5.91 Å². The standard InChI is InChI=1S/C21H27NO2/c1-15(2)19-11-9-18(10-12-19)13-14-22-21(23)17(4)24-20-8-6-5-7-16(20)3/h5-12,15,17H,13-14H2,1-4H3,(H,22,23)/t17-/m1/s1. The van der Waals surface area contributed by atoms with Gasteiger partial charge in [-0.3, -0.25) is 4.79 Å². The molecule has 3 nitrogen and oxygen atoms in total. The first kappa shape index (κ1) is 18.1. The maximum Gasteiger partial charge on any atom is 0.260 e. The van der Waals surface area contributed by atoms with Crippen LogP contribution in [0.5, 0.6) is 5.75 Å². The highest BCUT2D eigenvalue weighted by atomic mass is 16.5. The summed E-state index contributed by atoms with van der Waals surface area (Å²) in [5.74, 6) is 1.21. The van der Waals surface area contributed by atoms with Crippen molar-refractivity contribution in [2.75, 3.05) is 6.54 Å². The van der Waals surface area contributed by atoms with E-state index in [4.69, 9.17) is 4.74 Å². The molecule has 2 rings (SSSR count). The van der Waals surface area contributed by atoms with E-state index in [1.54, 1.807) is 6.92 Å². The molecule has 128 valence electrons. The monoisotopic (exact) mass is 325 g/mol. The lowest BCUT2D eigenvalue weighted by atomic mass is 10.0. The molecule has 24 heavy (non-hydrogen) atoms. The number of carbonyl (C=O) groups is 1. The first-order chi connectivity index (χ1) is 11.5. The van der Waals surface area contributed by atoms with Crippen molar-refractivity contribution in [3.8, 4) is 5.75 Å². The van der Waals surface area contributed by atoms with Crippen LogP contribution in [0.4, 0.5) is 0 Å². The minimum atomic E-state index is -0.505. The van der Waals surface area contributed by atoms with Crippen molar-refractivity contribution in [2.24, 2.45) is 0 Å². The van der Waals surface area contributed by atoms with E-state index >= 15 is 0 Å². The molecular formula is C21H27NO2. The SMILES string of the molecule is Cc1ccccc1O[C@H](C)C(=O)NCCc1ccc(C(C)C)cc1. The third kappa shape index (κ3) is 5.12. The van der Waals surface area contributed by atoms with Crippen molar-refractivity contribution >= 4 is 5.91 Å². The van der Waals surface area contributed by atoms with Gasteiger partial charge in [0.1, 0.15) is 5.75 Å². The van der Waals surface area contributed by atoms with Crippen LogP contribution in [0.3, 0.4) is 0 Å². The molecule has 0 aromatic heterocycles. The lowest BCUT2D eigenvalue weighted by molar-refractivity contribution is -0.127. The van der Waals surface area contributed by atoms with Gasteiger partial charge < -0.3 is 10.1 Å². The number of hydrogen-bond donors (Lipinski definition) is 1. The number of hydrogen-bond acceptors (Lipinski definition) is 2. The summed E-state index contributed by atoms with van der Waals surface area (Å²) in [6.07, 6.45) is 0.315. The van der Waals surface area contributed by atoms with Gasteiger partial charge in [-0.25, -0.2) is 0 Å². The molecule has 0 unspecified atom stereocenters. The van der Waals surface area contributed by atoms with Crippen molar-refractivity contribution in [3.63, 3.8) is 0 Å². The van der Waals surface area contributed by atoms with Gasteiger partial charge in [0.15, 0.2) is 6.10 Å². The minimum Gasteiger partial charge on any atom is -0.481 e. The van der Waals surface area contributed by atoms with Gasteiger partial charge >= 0.3 is 0 Å². The Morgan fingerprint density at radius 1 is 1.04 bits per heavy atom. The molecule has 0 aliphatic rings. The molecule has 0 bridgehead atoms. The number of para-hydroxylation sites is 1. The van der Waals surface area contributed by atoms with Gasteiger partial charge in [0.05, 0.1) is 0 Å². The Kier molecular flexibility index (Phi) is 6.42. The van der Waals surface area contributed by atoms with Crippen LogP contribution in [0.2, 0.25) is 0 Å². The van der Waals surface area contributed by atoms with Crippen LogP contribution in [-0.4, -0.2) is 18.6 Å². The molecule has 0 radical (unpaired) electrons. The number of amides is 1. The van der Waals surface area contributed by atoms with E-state index in [9.17, 15) is 4.79 Å². The summed E-state index contributed by atoms with van der Waals surface area (Å²) < 4.78 is 5.74. The van der Waals surface area contributed by atoms with Crippen LogP contribution in [0.1, 0.15) is 43.4 Å². The van der Waals surface area contributed by atoms with Crippen molar-refractivity contribution in [1.29, 1.82) is 0 Å². The Bertz CT molecular complexity index is 662. The molecule has 0 saturated carbocycles. The second kappa shape index (κ2) is 8.53. The molecule has 0 heterocycles. The van der Waals surface area contributed by atoms with Crippen LogP contribution in [0.15, 0.2) is 48.5 Å². The lowest BCUT2D eigenvalue weighted by Gasteiger charge is -2.16. The summed E-state index contributed by atoms with van der Waals surface area (Å²) in [5.41, 5.74) is 3.60. The molecule has 0 fully saturated rings. The van der Waals surface area contributed by atoms with E-state index in [0.717, 1.165) is 17.7 Å². The maximum atomic E-state index is 12.2. The average molecular weight is 325 g/mol. The number of carbonyl (C=O) groups excluding carboxylic acids is 1. The number of aryl methyl sites for hydroxylation is 1. The summed E-state index contributed by atoms with van der Waals surface area (Å²) in [7, 11) is 0. The Labute approximate surface area is 145 Å². The highest BCUT2D eigenvalue weighted by Crippen LogP contribution is 2.18.